The second kappa shape index (κ2) is 8.36. The van der Waals surface area contributed by atoms with Gasteiger partial charge in [-0.25, -0.2) is 0 Å². The van der Waals surface area contributed by atoms with E-state index in [1.165, 1.54) is 58.0 Å². The molecule has 0 radical (unpaired) electrons. The highest BCUT2D eigenvalue weighted by molar-refractivity contribution is 5.76. The zero-order chi connectivity index (χ0) is 13.3. The molecule has 19 heavy (non-hydrogen) atoms. The third kappa shape index (κ3) is 5.77. The van der Waals surface area contributed by atoms with E-state index in [0.29, 0.717) is 6.42 Å². The van der Waals surface area contributed by atoms with Gasteiger partial charge in [-0.05, 0) is 58.0 Å². The molecule has 1 aliphatic heterocycles. The third-order valence-electron chi connectivity index (χ3n) is 4.26. The largest absolute Gasteiger partial charge is 0.356 e. The molecule has 1 amide bonds. The molecule has 0 aromatic heterocycles. The van der Waals surface area contributed by atoms with E-state index in [2.05, 4.69) is 16.3 Å². The first-order chi connectivity index (χ1) is 9.34. The van der Waals surface area contributed by atoms with Crippen molar-refractivity contribution in [2.75, 3.05) is 26.2 Å². The van der Waals surface area contributed by atoms with Gasteiger partial charge in [0.05, 0.1) is 0 Å². The number of hydrogen-bond acceptors (Lipinski definition) is 2. The summed E-state index contributed by atoms with van der Waals surface area (Å²) in [7, 11) is 0. The van der Waals surface area contributed by atoms with Crippen molar-refractivity contribution in [3.8, 4) is 0 Å². The average molecular weight is 264 g/mol. The maximum atomic E-state index is 11.8. The molecule has 2 aliphatic rings. The molecule has 0 spiro atoms. The standard InChI is InChI=1S/C16H28N2O/c19-16(10-14-18-12-5-2-6-13-18)17-11-9-15-7-3-1-4-8-15/h7H,1-6,8-14H2,(H,17,19). The fourth-order valence-electron chi connectivity index (χ4n) is 3.03. The van der Waals surface area contributed by atoms with Crippen molar-refractivity contribution in [1.29, 1.82) is 0 Å². The number of nitrogens with one attached hydrogen (secondary N) is 1. The number of amides is 1. The highest BCUT2D eigenvalue weighted by atomic mass is 16.1. The van der Waals surface area contributed by atoms with Gasteiger partial charge in [0.2, 0.25) is 5.91 Å². The summed E-state index contributed by atoms with van der Waals surface area (Å²) in [6, 6.07) is 0. The van der Waals surface area contributed by atoms with Crippen LogP contribution in [0.3, 0.4) is 0 Å². The number of hydrogen-bond donors (Lipinski definition) is 1. The molecule has 0 atom stereocenters. The van der Waals surface area contributed by atoms with Crippen LogP contribution in [0.1, 0.15) is 57.8 Å². The number of likely N-dealkylation sites (tertiary alicyclic amines) is 1. The number of rotatable bonds is 6. The van der Waals surface area contributed by atoms with Crippen LogP contribution >= 0.6 is 0 Å². The van der Waals surface area contributed by atoms with Crippen LogP contribution in [0.25, 0.3) is 0 Å². The lowest BCUT2D eigenvalue weighted by Gasteiger charge is -2.25. The van der Waals surface area contributed by atoms with Gasteiger partial charge in [-0.2, -0.15) is 0 Å². The maximum absolute atomic E-state index is 11.8. The van der Waals surface area contributed by atoms with Crippen molar-refractivity contribution in [2.24, 2.45) is 0 Å². The first-order valence-corrected chi connectivity index (χ1v) is 8.01. The number of allylic oxidation sites excluding steroid dienone is 1. The van der Waals surface area contributed by atoms with Gasteiger partial charge >= 0.3 is 0 Å². The molecular weight excluding hydrogens is 236 g/mol. The predicted molar refractivity (Wildman–Crippen MR) is 79.1 cm³/mol. The number of nitrogens with zero attached hydrogens (tertiary/aromatic N) is 1. The van der Waals surface area contributed by atoms with Gasteiger partial charge in [-0.3, -0.25) is 4.79 Å². The van der Waals surface area contributed by atoms with E-state index < -0.39 is 0 Å². The monoisotopic (exact) mass is 264 g/mol. The van der Waals surface area contributed by atoms with E-state index in [4.69, 9.17) is 0 Å². The summed E-state index contributed by atoms with van der Waals surface area (Å²) in [6.45, 7) is 4.12. The van der Waals surface area contributed by atoms with Gasteiger partial charge in [0.1, 0.15) is 0 Å². The van der Waals surface area contributed by atoms with Crippen molar-refractivity contribution in [2.45, 2.75) is 57.8 Å². The molecule has 3 heteroatoms. The SMILES string of the molecule is O=C(CCN1CCCCC1)NCCC1=CCCCC1. The summed E-state index contributed by atoms with van der Waals surface area (Å²) in [5, 5.41) is 3.06. The molecule has 0 unspecified atom stereocenters. The van der Waals surface area contributed by atoms with Crippen molar-refractivity contribution >= 4 is 5.91 Å². The van der Waals surface area contributed by atoms with Crippen molar-refractivity contribution < 1.29 is 4.79 Å². The van der Waals surface area contributed by atoms with Crippen LogP contribution in [-0.2, 0) is 4.79 Å². The highest BCUT2D eigenvalue weighted by Gasteiger charge is 2.11. The lowest BCUT2D eigenvalue weighted by atomic mass is 9.97. The zero-order valence-corrected chi connectivity index (χ0v) is 12.1. The summed E-state index contributed by atoms with van der Waals surface area (Å²) in [5.41, 5.74) is 1.54. The Morgan fingerprint density at radius 2 is 2.00 bits per heavy atom. The van der Waals surface area contributed by atoms with Crippen LogP contribution in [0, 0.1) is 0 Å². The molecule has 1 aliphatic carbocycles. The van der Waals surface area contributed by atoms with Crippen LogP contribution < -0.4 is 5.32 Å². The van der Waals surface area contributed by atoms with Crippen molar-refractivity contribution in [3.05, 3.63) is 11.6 Å². The Morgan fingerprint density at radius 1 is 1.16 bits per heavy atom. The Labute approximate surface area is 117 Å². The quantitative estimate of drug-likeness (QED) is 0.748. The van der Waals surface area contributed by atoms with Gasteiger partial charge in [0, 0.05) is 19.5 Å². The van der Waals surface area contributed by atoms with Gasteiger partial charge in [0.25, 0.3) is 0 Å². The van der Waals surface area contributed by atoms with E-state index >= 15 is 0 Å². The van der Waals surface area contributed by atoms with Crippen molar-refractivity contribution in [1.82, 2.24) is 10.2 Å². The highest BCUT2D eigenvalue weighted by Crippen LogP contribution is 2.19. The Hall–Kier alpha value is -0.830. The smallest absolute Gasteiger partial charge is 0.221 e. The van der Waals surface area contributed by atoms with Crippen LogP contribution in [0.15, 0.2) is 11.6 Å². The van der Waals surface area contributed by atoms with E-state index in [9.17, 15) is 4.79 Å². The summed E-state index contributed by atoms with van der Waals surface area (Å²) < 4.78 is 0. The number of piperidine rings is 1. The summed E-state index contributed by atoms with van der Waals surface area (Å²) >= 11 is 0. The number of carbonyl (C=O) groups excluding carboxylic acids is 1. The van der Waals surface area contributed by atoms with E-state index in [1.54, 1.807) is 5.57 Å². The van der Waals surface area contributed by atoms with E-state index in [-0.39, 0.29) is 5.91 Å². The Morgan fingerprint density at radius 3 is 2.74 bits per heavy atom. The van der Waals surface area contributed by atoms with E-state index in [0.717, 1.165) is 19.5 Å². The molecular formula is C16H28N2O. The van der Waals surface area contributed by atoms with E-state index in [1.807, 2.05) is 0 Å². The van der Waals surface area contributed by atoms with Gasteiger partial charge < -0.3 is 10.2 Å². The summed E-state index contributed by atoms with van der Waals surface area (Å²) in [5.74, 6) is 0.224. The van der Waals surface area contributed by atoms with Gasteiger partial charge in [-0.15, -0.1) is 0 Å². The van der Waals surface area contributed by atoms with Crippen LogP contribution in [0.5, 0.6) is 0 Å². The molecule has 1 N–H and O–H groups in total. The van der Waals surface area contributed by atoms with Crippen LogP contribution in [0.2, 0.25) is 0 Å². The number of carbonyl (C=O) groups is 1. The summed E-state index contributed by atoms with van der Waals surface area (Å²) in [6.07, 6.45) is 13.2. The fourth-order valence-corrected chi connectivity index (χ4v) is 3.03. The maximum Gasteiger partial charge on any atom is 0.221 e. The minimum absolute atomic E-state index is 0.224. The fraction of sp³-hybridized carbons (Fsp3) is 0.812. The van der Waals surface area contributed by atoms with Crippen LogP contribution in [0.4, 0.5) is 0 Å². The summed E-state index contributed by atoms with van der Waals surface area (Å²) in [4.78, 5) is 14.2. The van der Waals surface area contributed by atoms with Gasteiger partial charge in [0.15, 0.2) is 0 Å². The zero-order valence-electron chi connectivity index (χ0n) is 12.1. The molecule has 0 aromatic rings. The molecule has 3 nitrogen and oxygen atoms in total. The first kappa shape index (κ1) is 14.6. The molecule has 0 aromatic carbocycles. The minimum Gasteiger partial charge on any atom is -0.356 e. The molecule has 1 saturated heterocycles. The average Bonchev–Trinajstić information content (AvgIpc) is 2.47. The molecule has 0 bridgehead atoms. The molecule has 1 fully saturated rings. The minimum atomic E-state index is 0.224. The van der Waals surface area contributed by atoms with Crippen molar-refractivity contribution in [3.63, 3.8) is 0 Å². The van der Waals surface area contributed by atoms with Crippen LogP contribution in [-0.4, -0.2) is 37.0 Å². The topological polar surface area (TPSA) is 32.3 Å². The predicted octanol–water partition coefficient (Wildman–Crippen LogP) is 2.87. The lowest BCUT2D eigenvalue weighted by molar-refractivity contribution is -0.121. The molecule has 108 valence electrons. The Bertz CT molecular complexity index is 306. The second-order valence-electron chi connectivity index (χ2n) is 5.86. The lowest BCUT2D eigenvalue weighted by Crippen LogP contribution is -2.34. The molecule has 0 saturated carbocycles. The Balaban J connectivity index is 1.52. The first-order valence-electron chi connectivity index (χ1n) is 8.01. The van der Waals surface area contributed by atoms with Gasteiger partial charge in [-0.1, -0.05) is 18.1 Å². The Kier molecular flexibility index (Phi) is 6.42. The molecule has 1 heterocycles. The second-order valence-corrected chi connectivity index (χ2v) is 5.86. The normalized spacial score (nSPS) is 20.9. The third-order valence-corrected chi connectivity index (χ3v) is 4.26. The molecule has 2 rings (SSSR count).